The number of ether oxygens (including phenoxy) is 1. The maximum absolute atomic E-state index is 5.43. The van der Waals surface area contributed by atoms with Crippen molar-refractivity contribution in [2.24, 2.45) is 11.8 Å². The molecule has 0 aliphatic carbocycles. The van der Waals surface area contributed by atoms with Crippen molar-refractivity contribution in [3.8, 4) is 0 Å². The fraction of sp³-hybridized carbons (Fsp3) is 1.00. The summed E-state index contributed by atoms with van der Waals surface area (Å²) in [7, 11) is 0. The predicted octanol–water partition coefficient (Wildman–Crippen LogP) is 3.40. The third-order valence-electron chi connectivity index (χ3n) is 3.83. The van der Waals surface area contributed by atoms with Crippen LogP contribution in [0.3, 0.4) is 0 Å². The lowest BCUT2D eigenvalue weighted by molar-refractivity contribution is 0.0270. The zero-order valence-electron chi connectivity index (χ0n) is 10.9. The molecular weight excluding hydrogens is 332 g/mol. The Kier molecular flexibility index (Phi) is 6.50. The van der Waals surface area contributed by atoms with Gasteiger partial charge in [-0.2, -0.15) is 0 Å². The van der Waals surface area contributed by atoms with Gasteiger partial charge in [0.25, 0.3) is 0 Å². The highest BCUT2D eigenvalue weighted by atomic mass is 127. The SMILES string of the molecule is CC(C)C(CN1CCOCC1)(PI)C(C)C. The minimum atomic E-state index is 0.484. The summed E-state index contributed by atoms with van der Waals surface area (Å²) >= 11 is 2.60. The molecule has 1 saturated heterocycles. The summed E-state index contributed by atoms with van der Waals surface area (Å²) in [6.07, 6.45) is 0.992. The van der Waals surface area contributed by atoms with E-state index >= 15 is 0 Å². The van der Waals surface area contributed by atoms with Crippen LogP contribution in [0, 0.1) is 11.8 Å². The van der Waals surface area contributed by atoms with E-state index in [-0.39, 0.29) is 0 Å². The molecule has 4 heteroatoms. The molecule has 96 valence electrons. The Morgan fingerprint density at radius 3 is 2.06 bits per heavy atom. The van der Waals surface area contributed by atoms with Crippen LogP contribution >= 0.6 is 28.3 Å². The van der Waals surface area contributed by atoms with Crippen molar-refractivity contribution in [3.63, 3.8) is 0 Å². The fourth-order valence-corrected chi connectivity index (χ4v) is 7.38. The third kappa shape index (κ3) is 3.54. The van der Waals surface area contributed by atoms with Gasteiger partial charge in [0.05, 0.1) is 13.2 Å². The minimum Gasteiger partial charge on any atom is -0.379 e. The minimum absolute atomic E-state index is 0.484. The second kappa shape index (κ2) is 6.86. The van der Waals surface area contributed by atoms with Gasteiger partial charge in [-0.25, -0.2) is 0 Å². The largest absolute Gasteiger partial charge is 0.379 e. The zero-order chi connectivity index (χ0) is 12.2. The summed E-state index contributed by atoms with van der Waals surface area (Å²) in [6.45, 7) is 14.8. The molecule has 0 saturated carbocycles. The van der Waals surface area contributed by atoms with Gasteiger partial charge in [-0.1, -0.05) is 49.7 Å². The molecule has 0 aromatic heterocycles. The van der Waals surface area contributed by atoms with Crippen molar-refractivity contribution in [1.82, 2.24) is 4.90 Å². The number of hydrogen-bond acceptors (Lipinski definition) is 2. The van der Waals surface area contributed by atoms with Gasteiger partial charge in [0.2, 0.25) is 0 Å². The molecule has 0 bridgehead atoms. The van der Waals surface area contributed by atoms with Gasteiger partial charge < -0.3 is 4.74 Å². The lowest BCUT2D eigenvalue weighted by Gasteiger charge is -2.44. The molecule has 2 nitrogen and oxygen atoms in total. The van der Waals surface area contributed by atoms with Crippen LogP contribution in [0.1, 0.15) is 27.7 Å². The smallest absolute Gasteiger partial charge is 0.0594 e. The van der Waals surface area contributed by atoms with Gasteiger partial charge in [-0.15, -0.1) is 0 Å². The molecular formula is C12H25INOP. The molecule has 0 radical (unpaired) electrons. The van der Waals surface area contributed by atoms with Crippen LogP contribution in [0.2, 0.25) is 0 Å². The lowest BCUT2D eigenvalue weighted by Crippen LogP contribution is -2.50. The highest BCUT2D eigenvalue weighted by Crippen LogP contribution is 2.49. The number of nitrogens with zero attached hydrogens (tertiary/aromatic N) is 1. The van der Waals surface area contributed by atoms with Crippen LogP contribution in [0.15, 0.2) is 0 Å². The Bertz CT molecular complexity index is 197. The first-order valence-electron chi connectivity index (χ1n) is 6.21. The molecule has 1 fully saturated rings. The molecule has 1 aliphatic rings. The number of rotatable bonds is 5. The Hall–Kier alpha value is 1.08. The molecule has 0 N–H and O–H groups in total. The van der Waals surface area contributed by atoms with E-state index in [2.05, 4.69) is 54.6 Å². The molecule has 0 amide bonds. The number of morpholine rings is 1. The molecule has 1 aliphatic heterocycles. The van der Waals surface area contributed by atoms with E-state index in [4.69, 9.17) is 4.74 Å². The summed E-state index contributed by atoms with van der Waals surface area (Å²) in [5, 5.41) is 0.484. The summed E-state index contributed by atoms with van der Waals surface area (Å²) in [5.41, 5.74) is 0. The van der Waals surface area contributed by atoms with E-state index in [1.54, 1.807) is 0 Å². The normalized spacial score (nSPS) is 20.4. The average Bonchev–Trinajstić information content (AvgIpc) is 2.26. The van der Waals surface area contributed by atoms with Crippen molar-refractivity contribution >= 4 is 28.3 Å². The molecule has 0 spiro atoms. The predicted molar refractivity (Wildman–Crippen MR) is 82.0 cm³/mol. The third-order valence-corrected chi connectivity index (χ3v) is 8.50. The van der Waals surface area contributed by atoms with E-state index in [1.807, 2.05) is 0 Å². The molecule has 0 aromatic rings. The van der Waals surface area contributed by atoms with Gasteiger partial charge in [0, 0.05) is 24.8 Å². The Morgan fingerprint density at radius 1 is 1.19 bits per heavy atom. The molecule has 1 heterocycles. The monoisotopic (exact) mass is 357 g/mol. The van der Waals surface area contributed by atoms with Gasteiger partial charge in [0.1, 0.15) is 0 Å². The molecule has 1 unspecified atom stereocenters. The van der Waals surface area contributed by atoms with Crippen LogP contribution in [0.25, 0.3) is 0 Å². The maximum Gasteiger partial charge on any atom is 0.0594 e. The van der Waals surface area contributed by atoms with Gasteiger partial charge in [0.15, 0.2) is 0 Å². The van der Waals surface area contributed by atoms with Gasteiger partial charge >= 0.3 is 0 Å². The Balaban J connectivity index is 2.68. The summed E-state index contributed by atoms with van der Waals surface area (Å²) in [6, 6.07) is 0. The second-order valence-corrected chi connectivity index (χ2v) is 8.07. The zero-order valence-corrected chi connectivity index (χ0v) is 14.1. The Labute approximate surface area is 115 Å². The van der Waals surface area contributed by atoms with Crippen LogP contribution < -0.4 is 0 Å². The average molecular weight is 357 g/mol. The van der Waals surface area contributed by atoms with Crippen LogP contribution in [-0.4, -0.2) is 42.9 Å². The molecule has 0 aromatic carbocycles. The molecule has 1 rings (SSSR count). The van der Waals surface area contributed by atoms with Crippen molar-refractivity contribution in [3.05, 3.63) is 0 Å². The highest BCUT2D eigenvalue weighted by molar-refractivity contribution is 14.2. The van der Waals surface area contributed by atoms with Crippen molar-refractivity contribution in [2.75, 3.05) is 32.8 Å². The van der Waals surface area contributed by atoms with Crippen LogP contribution in [0.4, 0.5) is 0 Å². The van der Waals surface area contributed by atoms with Gasteiger partial charge in [-0.05, 0) is 18.1 Å². The summed E-state index contributed by atoms with van der Waals surface area (Å²) < 4.78 is 5.43. The standard InChI is InChI=1S/C12H25INOP/c1-10(2)12(16-13,11(3)4)9-14-5-7-15-8-6-14/h10-11,16H,5-9H2,1-4H3. The molecule has 1 atom stereocenters. The lowest BCUT2D eigenvalue weighted by atomic mass is 9.83. The maximum atomic E-state index is 5.43. The van der Waals surface area contributed by atoms with E-state index in [1.165, 1.54) is 6.54 Å². The molecule has 16 heavy (non-hydrogen) atoms. The number of hydrogen-bond donors (Lipinski definition) is 0. The second-order valence-electron chi connectivity index (χ2n) is 5.33. The first-order valence-corrected chi connectivity index (χ1v) is 10.3. The topological polar surface area (TPSA) is 12.5 Å². The highest BCUT2D eigenvalue weighted by Gasteiger charge is 2.38. The van der Waals surface area contributed by atoms with Crippen molar-refractivity contribution in [1.29, 1.82) is 0 Å². The fourth-order valence-electron chi connectivity index (χ4n) is 2.41. The van der Waals surface area contributed by atoms with Gasteiger partial charge in [-0.3, -0.25) is 4.90 Å². The van der Waals surface area contributed by atoms with Crippen LogP contribution in [0.5, 0.6) is 0 Å². The van der Waals surface area contributed by atoms with Crippen LogP contribution in [-0.2, 0) is 4.74 Å². The first-order chi connectivity index (χ1) is 7.53. The van der Waals surface area contributed by atoms with E-state index in [9.17, 15) is 0 Å². The van der Waals surface area contributed by atoms with E-state index < -0.39 is 0 Å². The number of halogens is 1. The van der Waals surface area contributed by atoms with Crippen molar-refractivity contribution < 1.29 is 4.74 Å². The Morgan fingerprint density at radius 2 is 1.69 bits per heavy atom. The summed E-state index contributed by atoms with van der Waals surface area (Å²) in [4.78, 5) is 2.59. The van der Waals surface area contributed by atoms with E-state index in [0.29, 0.717) is 5.16 Å². The van der Waals surface area contributed by atoms with E-state index in [0.717, 1.165) is 44.4 Å². The van der Waals surface area contributed by atoms with Crippen molar-refractivity contribution in [2.45, 2.75) is 32.9 Å². The quantitative estimate of drug-likeness (QED) is 0.553. The summed E-state index contributed by atoms with van der Waals surface area (Å²) in [5.74, 6) is 1.51. The first kappa shape index (κ1) is 15.1.